The second-order valence-corrected chi connectivity index (χ2v) is 4.95. The summed E-state index contributed by atoms with van der Waals surface area (Å²) < 4.78 is 5.20. The van der Waals surface area contributed by atoms with Gasteiger partial charge in [0.1, 0.15) is 0 Å². The Morgan fingerprint density at radius 2 is 2.26 bits per heavy atom. The molecule has 1 aliphatic heterocycles. The highest BCUT2D eigenvalue weighted by Gasteiger charge is 2.17. The average molecular weight is 275 g/mol. The molecule has 0 saturated carbocycles. The van der Waals surface area contributed by atoms with Crippen molar-refractivity contribution in [2.24, 2.45) is 0 Å². The van der Waals surface area contributed by atoms with Gasteiger partial charge < -0.3 is 9.73 Å². The number of amides is 1. The molecule has 1 aliphatic rings. The lowest BCUT2D eigenvalue weighted by Crippen LogP contribution is -2.03. The fourth-order valence-electron chi connectivity index (χ4n) is 2.25. The highest BCUT2D eigenvalue weighted by Crippen LogP contribution is 2.24. The van der Waals surface area contributed by atoms with Gasteiger partial charge in [0.05, 0.1) is 6.42 Å². The van der Waals surface area contributed by atoms with E-state index in [0.29, 0.717) is 17.1 Å². The number of benzene rings is 1. The lowest BCUT2D eigenvalue weighted by molar-refractivity contribution is -0.115. The minimum atomic E-state index is 0.0699. The molecule has 0 saturated heterocycles. The summed E-state index contributed by atoms with van der Waals surface area (Å²) in [6.07, 6.45) is 3.10. The van der Waals surface area contributed by atoms with Gasteiger partial charge in [0.2, 0.25) is 11.8 Å². The minimum Gasteiger partial charge on any atom is -0.414 e. The van der Waals surface area contributed by atoms with Gasteiger partial charge in [-0.15, -0.1) is 5.10 Å². The number of anilines is 1. The molecular formula is C13H13N3O2S. The van der Waals surface area contributed by atoms with Crippen molar-refractivity contribution in [3.8, 4) is 0 Å². The van der Waals surface area contributed by atoms with Crippen LogP contribution in [0.5, 0.6) is 0 Å². The summed E-state index contributed by atoms with van der Waals surface area (Å²) in [6.45, 7) is 0. The minimum absolute atomic E-state index is 0.0699. The van der Waals surface area contributed by atoms with E-state index in [2.05, 4.69) is 21.6 Å². The van der Waals surface area contributed by atoms with Crippen LogP contribution in [0.1, 0.15) is 23.4 Å². The normalized spacial score (nSPS) is 13.4. The third-order valence-corrected chi connectivity index (χ3v) is 3.31. The Kier molecular flexibility index (Phi) is 3.16. The summed E-state index contributed by atoms with van der Waals surface area (Å²) in [7, 11) is 0. The van der Waals surface area contributed by atoms with Crippen molar-refractivity contribution in [2.45, 2.75) is 25.7 Å². The van der Waals surface area contributed by atoms with Crippen molar-refractivity contribution < 1.29 is 9.21 Å². The summed E-state index contributed by atoms with van der Waals surface area (Å²) in [5.41, 5.74) is 3.25. The van der Waals surface area contributed by atoms with Crippen molar-refractivity contribution in [1.82, 2.24) is 10.2 Å². The van der Waals surface area contributed by atoms with E-state index in [1.54, 1.807) is 0 Å². The first-order valence-electron chi connectivity index (χ1n) is 6.17. The van der Waals surface area contributed by atoms with Crippen LogP contribution >= 0.6 is 12.2 Å². The smallest absolute Gasteiger partial charge is 0.284 e. The highest BCUT2D eigenvalue weighted by atomic mass is 32.1. The van der Waals surface area contributed by atoms with Crippen molar-refractivity contribution in [2.75, 3.05) is 5.32 Å². The summed E-state index contributed by atoms with van der Waals surface area (Å²) in [6, 6.07) is 6.11. The lowest BCUT2D eigenvalue weighted by atomic mass is 10.0. The fourth-order valence-corrected chi connectivity index (χ4v) is 2.39. The summed E-state index contributed by atoms with van der Waals surface area (Å²) >= 11 is 4.82. The van der Waals surface area contributed by atoms with Crippen LogP contribution in [0.2, 0.25) is 0 Å². The zero-order valence-corrected chi connectivity index (χ0v) is 11.0. The first-order chi connectivity index (χ1) is 9.20. The Morgan fingerprint density at radius 1 is 1.37 bits per heavy atom. The van der Waals surface area contributed by atoms with E-state index >= 15 is 0 Å². The number of aromatic nitrogens is 2. The molecule has 0 unspecified atom stereocenters. The van der Waals surface area contributed by atoms with Crippen molar-refractivity contribution in [3.05, 3.63) is 40.1 Å². The van der Waals surface area contributed by atoms with E-state index in [-0.39, 0.29) is 5.91 Å². The Bertz CT molecular complexity index is 675. The maximum Gasteiger partial charge on any atom is 0.284 e. The topological polar surface area (TPSA) is 70.9 Å². The first kappa shape index (κ1) is 12.1. The summed E-state index contributed by atoms with van der Waals surface area (Å²) in [4.78, 5) is 11.6. The summed E-state index contributed by atoms with van der Waals surface area (Å²) in [5, 5.41) is 9.40. The molecule has 19 heavy (non-hydrogen) atoms. The predicted octanol–water partition coefficient (Wildman–Crippen LogP) is 2.40. The van der Waals surface area contributed by atoms with Gasteiger partial charge in [-0.1, -0.05) is 12.1 Å². The number of nitrogens with one attached hydrogen (secondary N) is 2. The van der Waals surface area contributed by atoms with Crippen LogP contribution in [0.3, 0.4) is 0 Å². The molecule has 1 aromatic heterocycles. The molecule has 1 aromatic carbocycles. The molecule has 2 aromatic rings. The number of H-pyrrole nitrogens is 1. The molecule has 2 N–H and O–H groups in total. The van der Waals surface area contributed by atoms with Crippen LogP contribution in [-0.4, -0.2) is 16.1 Å². The van der Waals surface area contributed by atoms with Crippen LogP contribution < -0.4 is 5.32 Å². The molecular weight excluding hydrogens is 262 g/mol. The number of hydrogen-bond donors (Lipinski definition) is 2. The third kappa shape index (κ3) is 2.73. The number of aryl methyl sites for hydroxylation is 2. The average Bonchev–Trinajstić information content (AvgIpc) is 2.94. The van der Waals surface area contributed by atoms with Gasteiger partial charge in [0, 0.05) is 12.1 Å². The SMILES string of the molecule is O=C1Cc2cc(CCCc3n[nH]c(=S)o3)ccc2N1. The van der Waals surface area contributed by atoms with Gasteiger partial charge in [-0.25, -0.2) is 5.10 Å². The predicted molar refractivity (Wildman–Crippen MR) is 72.5 cm³/mol. The quantitative estimate of drug-likeness (QED) is 0.841. The molecule has 98 valence electrons. The zero-order valence-electron chi connectivity index (χ0n) is 10.2. The van der Waals surface area contributed by atoms with Crippen LogP contribution in [0, 0.1) is 4.84 Å². The van der Waals surface area contributed by atoms with E-state index in [0.717, 1.165) is 30.5 Å². The van der Waals surface area contributed by atoms with Gasteiger partial charge in [-0.05, 0) is 42.3 Å². The lowest BCUT2D eigenvalue weighted by Gasteiger charge is -2.03. The maximum absolute atomic E-state index is 11.3. The molecule has 2 heterocycles. The number of carbonyl (C=O) groups excluding carboxylic acids is 1. The van der Waals surface area contributed by atoms with Gasteiger partial charge in [0.25, 0.3) is 4.84 Å². The standard InChI is InChI=1S/C13H13N3O2S/c17-11-7-9-6-8(4-5-10(9)14-11)2-1-3-12-15-16-13(19)18-12/h4-6H,1-3,7H2,(H,14,17)(H,16,19). The molecule has 0 fully saturated rings. The molecule has 6 heteroatoms. The van der Waals surface area contributed by atoms with E-state index in [4.69, 9.17) is 16.6 Å². The van der Waals surface area contributed by atoms with Crippen molar-refractivity contribution >= 4 is 23.8 Å². The second kappa shape index (κ2) is 4.97. The Hall–Kier alpha value is -1.95. The third-order valence-electron chi connectivity index (χ3n) is 3.13. The van der Waals surface area contributed by atoms with Gasteiger partial charge in [0.15, 0.2) is 0 Å². The molecule has 0 bridgehead atoms. The van der Waals surface area contributed by atoms with E-state index in [9.17, 15) is 4.79 Å². The van der Waals surface area contributed by atoms with E-state index in [1.807, 2.05) is 12.1 Å². The Labute approximate surface area is 115 Å². The molecule has 0 spiro atoms. The van der Waals surface area contributed by atoms with Gasteiger partial charge in [-0.2, -0.15) is 0 Å². The molecule has 0 aliphatic carbocycles. The van der Waals surface area contributed by atoms with Crippen LogP contribution in [0.15, 0.2) is 22.6 Å². The summed E-state index contributed by atoms with van der Waals surface area (Å²) in [5.74, 6) is 0.712. The van der Waals surface area contributed by atoms with Crippen LogP contribution in [0.25, 0.3) is 0 Å². The molecule has 0 radical (unpaired) electrons. The number of fused-ring (bicyclic) bond motifs is 1. The van der Waals surface area contributed by atoms with Crippen molar-refractivity contribution in [3.63, 3.8) is 0 Å². The van der Waals surface area contributed by atoms with E-state index < -0.39 is 0 Å². The first-order valence-corrected chi connectivity index (χ1v) is 6.57. The number of hydrogen-bond acceptors (Lipinski definition) is 4. The largest absolute Gasteiger partial charge is 0.414 e. The Morgan fingerprint density at radius 3 is 3.05 bits per heavy atom. The number of rotatable bonds is 4. The molecule has 1 amide bonds. The molecule has 5 nitrogen and oxygen atoms in total. The number of aromatic amines is 1. The number of nitrogens with zero attached hydrogens (tertiary/aromatic N) is 1. The zero-order chi connectivity index (χ0) is 13.2. The monoisotopic (exact) mass is 275 g/mol. The molecule has 3 rings (SSSR count). The van der Waals surface area contributed by atoms with Crippen LogP contribution in [-0.2, 0) is 24.1 Å². The van der Waals surface area contributed by atoms with Crippen LogP contribution in [0.4, 0.5) is 5.69 Å². The van der Waals surface area contributed by atoms with Gasteiger partial charge in [-0.3, -0.25) is 4.79 Å². The number of carbonyl (C=O) groups is 1. The second-order valence-electron chi connectivity index (χ2n) is 4.58. The highest BCUT2D eigenvalue weighted by molar-refractivity contribution is 7.71. The Balaban J connectivity index is 1.60. The fraction of sp³-hybridized carbons (Fsp3) is 0.308. The van der Waals surface area contributed by atoms with Gasteiger partial charge >= 0.3 is 0 Å². The van der Waals surface area contributed by atoms with Crippen molar-refractivity contribution in [1.29, 1.82) is 0 Å². The van der Waals surface area contributed by atoms with E-state index in [1.165, 1.54) is 5.56 Å². The molecule has 0 atom stereocenters. The maximum atomic E-state index is 11.3.